The molecule has 0 heterocycles. The first-order valence-corrected chi connectivity index (χ1v) is 17.7. The zero-order chi connectivity index (χ0) is 31.5. The summed E-state index contributed by atoms with van der Waals surface area (Å²) in [5, 5.41) is 20.2. The van der Waals surface area contributed by atoms with E-state index >= 15 is 0 Å². The Morgan fingerprint density at radius 3 is 1.86 bits per heavy atom. The predicted octanol–water partition coefficient (Wildman–Crippen LogP) is 6.67. The van der Waals surface area contributed by atoms with Crippen LogP contribution in [0.4, 0.5) is 0 Å². The zero-order valence-corrected chi connectivity index (χ0v) is 27.0. The summed E-state index contributed by atoms with van der Waals surface area (Å²) in [6.45, 7) is 3.41. The Labute approximate surface area is 253 Å². The zero-order valence-electron chi connectivity index (χ0n) is 26.1. The van der Waals surface area contributed by atoms with Crippen molar-refractivity contribution < 1.29 is 48.2 Å². The van der Waals surface area contributed by atoms with Crippen LogP contribution < -0.4 is 0 Å². The van der Waals surface area contributed by atoms with E-state index in [-0.39, 0.29) is 19.4 Å². The highest BCUT2D eigenvalue weighted by molar-refractivity contribution is 7.46. The van der Waals surface area contributed by atoms with E-state index in [0.29, 0.717) is 25.7 Å². The van der Waals surface area contributed by atoms with Gasteiger partial charge in [-0.3, -0.25) is 14.1 Å². The van der Waals surface area contributed by atoms with Gasteiger partial charge in [0.05, 0.1) is 18.8 Å². The van der Waals surface area contributed by atoms with Crippen molar-refractivity contribution in [1.82, 2.24) is 0 Å². The van der Waals surface area contributed by atoms with E-state index < -0.39 is 44.7 Å². The molecule has 0 aliphatic heterocycles. The minimum atomic E-state index is -4.77. The number of hydrogen-bond acceptors (Lipinski definition) is 8. The highest BCUT2D eigenvalue weighted by atomic mass is 31.2. The van der Waals surface area contributed by atoms with Crippen LogP contribution >= 0.6 is 7.82 Å². The molecule has 248 valence electrons. The number of rotatable bonds is 29. The van der Waals surface area contributed by atoms with Crippen LogP contribution in [-0.2, 0) is 28.2 Å². The first-order chi connectivity index (χ1) is 20.1. The number of aliphatic hydroxyl groups excluding tert-OH is 2. The van der Waals surface area contributed by atoms with E-state index in [1.807, 2.05) is 6.08 Å². The summed E-state index contributed by atoms with van der Waals surface area (Å²) in [6.07, 6.45) is 18.5. The molecule has 0 aliphatic carbocycles. The molecular formula is C31H59O10P. The highest BCUT2D eigenvalue weighted by Gasteiger charge is 2.23. The topological polar surface area (TPSA) is 160 Å². The molecule has 42 heavy (non-hydrogen) atoms. The third-order valence-electron chi connectivity index (χ3n) is 6.98. The number of esters is 2. The summed E-state index contributed by atoms with van der Waals surface area (Å²) in [7, 11) is -4.77. The van der Waals surface area contributed by atoms with E-state index in [1.54, 1.807) is 0 Å². The highest BCUT2D eigenvalue weighted by Crippen LogP contribution is 2.35. The molecule has 0 aromatic heterocycles. The van der Waals surface area contributed by atoms with Crippen molar-refractivity contribution in [2.24, 2.45) is 0 Å². The Bertz CT molecular complexity index is 739. The molecule has 0 amide bonds. The van der Waals surface area contributed by atoms with Gasteiger partial charge in [-0.15, -0.1) is 0 Å². The number of ether oxygens (including phenoxy) is 2. The molecular weight excluding hydrogens is 563 g/mol. The minimum Gasteiger partial charge on any atom is -0.462 e. The number of unbranched alkanes of at least 4 members (excludes halogenated alkanes) is 13. The van der Waals surface area contributed by atoms with Crippen LogP contribution in [0.3, 0.4) is 0 Å². The molecule has 0 rings (SSSR count). The van der Waals surface area contributed by atoms with Crippen molar-refractivity contribution in [2.45, 2.75) is 161 Å². The van der Waals surface area contributed by atoms with Gasteiger partial charge >= 0.3 is 19.8 Å². The van der Waals surface area contributed by atoms with Gasteiger partial charge in [0.2, 0.25) is 0 Å². The van der Waals surface area contributed by atoms with Crippen molar-refractivity contribution >= 4 is 19.8 Å². The fraction of sp³-hybridized carbons (Fsp3) is 0.871. The van der Waals surface area contributed by atoms with Gasteiger partial charge in [-0.2, -0.15) is 0 Å². The lowest BCUT2D eigenvalue weighted by Gasteiger charge is -2.18. The summed E-state index contributed by atoms with van der Waals surface area (Å²) in [5.74, 6) is -1.00. The lowest BCUT2D eigenvalue weighted by atomic mass is 10.0. The largest absolute Gasteiger partial charge is 0.469 e. The molecule has 3 atom stereocenters. The molecule has 0 fully saturated rings. The quantitative estimate of drug-likeness (QED) is 0.0307. The Balaban J connectivity index is 4.15. The lowest BCUT2D eigenvalue weighted by Crippen LogP contribution is -2.29. The normalized spacial score (nSPS) is 14.1. The first-order valence-electron chi connectivity index (χ1n) is 16.1. The van der Waals surface area contributed by atoms with Gasteiger partial charge in [-0.05, 0) is 38.5 Å². The average molecular weight is 623 g/mol. The Hall–Kier alpha value is -1.29. The van der Waals surface area contributed by atoms with Crippen molar-refractivity contribution in [3.63, 3.8) is 0 Å². The maximum atomic E-state index is 12.3. The second-order valence-electron chi connectivity index (χ2n) is 11.1. The second kappa shape index (κ2) is 27.3. The molecule has 0 spiro atoms. The summed E-state index contributed by atoms with van der Waals surface area (Å²) >= 11 is 0. The fourth-order valence-electron chi connectivity index (χ4n) is 4.39. The van der Waals surface area contributed by atoms with E-state index in [1.165, 1.54) is 32.1 Å². The Morgan fingerprint density at radius 1 is 0.690 bits per heavy atom. The van der Waals surface area contributed by atoms with Crippen LogP contribution in [0, 0.1) is 0 Å². The molecule has 0 aromatic rings. The second-order valence-corrected chi connectivity index (χ2v) is 12.3. The molecule has 10 nitrogen and oxygen atoms in total. The van der Waals surface area contributed by atoms with Crippen LogP contribution in [0.1, 0.15) is 142 Å². The van der Waals surface area contributed by atoms with Crippen molar-refractivity contribution in [1.29, 1.82) is 0 Å². The number of phosphoric ester groups is 1. The maximum absolute atomic E-state index is 12.3. The molecule has 0 aliphatic rings. The number of hydrogen-bond donors (Lipinski definition) is 4. The molecule has 0 saturated heterocycles. The van der Waals surface area contributed by atoms with Crippen LogP contribution in [0.2, 0.25) is 0 Å². The molecule has 4 N–H and O–H groups in total. The summed E-state index contributed by atoms with van der Waals surface area (Å²) in [4.78, 5) is 42.3. The van der Waals surface area contributed by atoms with Crippen LogP contribution in [0.5, 0.6) is 0 Å². The SMILES string of the molecule is CCCCC/C=C\C[C@H](O)[C@@H](O)CCCCCCCC(=O)O[C@H](COC(=O)CCCCCCCCC)COP(=O)(O)O. The Kier molecular flexibility index (Phi) is 26.4. The van der Waals surface area contributed by atoms with Crippen molar-refractivity contribution in [2.75, 3.05) is 13.2 Å². The smallest absolute Gasteiger partial charge is 0.462 e. The van der Waals surface area contributed by atoms with Gasteiger partial charge in [0.1, 0.15) is 6.61 Å². The first kappa shape index (κ1) is 40.7. The molecule has 0 radical (unpaired) electrons. The molecule has 0 saturated carbocycles. The molecule has 11 heteroatoms. The molecule has 0 aromatic carbocycles. The molecule has 0 bridgehead atoms. The van der Waals surface area contributed by atoms with Gasteiger partial charge in [0.15, 0.2) is 6.10 Å². The van der Waals surface area contributed by atoms with Crippen molar-refractivity contribution in [3.05, 3.63) is 12.2 Å². The molecule has 0 unspecified atom stereocenters. The van der Waals surface area contributed by atoms with Gasteiger partial charge in [-0.25, -0.2) is 4.57 Å². The number of allylic oxidation sites excluding steroid dienone is 1. The predicted molar refractivity (Wildman–Crippen MR) is 164 cm³/mol. The Morgan fingerprint density at radius 2 is 1.24 bits per heavy atom. The van der Waals surface area contributed by atoms with E-state index in [2.05, 4.69) is 24.4 Å². The summed E-state index contributed by atoms with van der Waals surface area (Å²) < 4.78 is 26.0. The van der Waals surface area contributed by atoms with Crippen LogP contribution in [0.25, 0.3) is 0 Å². The number of carbonyl (C=O) groups is 2. The van der Waals surface area contributed by atoms with Crippen LogP contribution in [0.15, 0.2) is 12.2 Å². The standard InChI is InChI=1S/C31H59O10P/c1-3-5-7-9-11-15-19-23-30(34)39-25-27(26-40-42(36,37)38)41-31(35)24-20-16-12-14-18-22-29(33)28(32)21-17-13-10-8-6-4-2/h13,17,27-29,32-33H,3-12,14-16,18-26H2,1-2H3,(H2,36,37,38)/b17-13-/t27-,28+,29+/m1/s1. The lowest BCUT2D eigenvalue weighted by molar-refractivity contribution is -0.161. The van der Waals surface area contributed by atoms with Crippen molar-refractivity contribution in [3.8, 4) is 0 Å². The van der Waals surface area contributed by atoms with Gasteiger partial charge in [0.25, 0.3) is 0 Å². The van der Waals surface area contributed by atoms with E-state index in [0.717, 1.165) is 57.8 Å². The van der Waals surface area contributed by atoms with E-state index in [9.17, 15) is 24.4 Å². The summed E-state index contributed by atoms with van der Waals surface area (Å²) in [5.41, 5.74) is 0. The van der Waals surface area contributed by atoms with Gasteiger partial charge < -0.3 is 29.5 Å². The third kappa shape index (κ3) is 27.5. The number of aliphatic hydroxyl groups is 2. The van der Waals surface area contributed by atoms with Crippen LogP contribution in [-0.4, -0.2) is 63.5 Å². The fourth-order valence-corrected chi connectivity index (χ4v) is 4.75. The average Bonchev–Trinajstić information content (AvgIpc) is 2.94. The van der Waals surface area contributed by atoms with Gasteiger partial charge in [0, 0.05) is 12.8 Å². The van der Waals surface area contributed by atoms with Gasteiger partial charge in [-0.1, -0.05) is 103 Å². The minimum absolute atomic E-state index is 0.115. The maximum Gasteiger partial charge on any atom is 0.469 e. The number of phosphoric acid groups is 1. The monoisotopic (exact) mass is 622 g/mol. The third-order valence-corrected chi connectivity index (χ3v) is 7.47. The summed E-state index contributed by atoms with van der Waals surface area (Å²) in [6, 6.07) is 0. The number of carbonyl (C=O) groups excluding carboxylic acids is 2. The van der Waals surface area contributed by atoms with E-state index in [4.69, 9.17) is 19.3 Å².